The maximum absolute atomic E-state index is 11.1. The van der Waals surface area contributed by atoms with Gasteiger partial charge in [0.1, 0.15) is 6.10 Å². The molecule has 0 aromatic heterocycles. The lowest BCUT2D eigenvalue weighted by molar-refractivity contribution is -0.139. The Hall–Kier alpha value is -1.92. The van der Waals surface area contributed by atoms with Crippen molar-refractivity contribution in [2.45, 2.75) is 18.6 Å². The van der Waals surface area contributed by atoms with Crippen LogP contribution in [-0.2, 0) is 20.7 Å². The summed E-state index contributed by atoms with van der Waals surface area (Å²) >= 11 is 0. The Kier molecular flexibility index (Phi) is 4.82. The first-order chi connectivity index (χ1) is 8.45. The molecule has 2 atom stereocenters. The fourth-order valence-electron chi connectivity index (χ4n) is 1.46. The predicted octanol–water partition coefficient (Wildman–Crippen LogP) is -0.718. The second kappa shape index (κ2) is 6.13. The summed E-state index contributed by atoms with van der Waals surface area (Å²) in [4.78, 5) is 21.9. The summed E-state index contributed by atoms with van der Waals surface area (Å²) in [6, 6.07) is 6.31. The summed E-state index contributed by atoms with van der Waals surface area (Å²) in [6.45, 7) is 0. The average Bonchev–Trinajstić information content (AvgIpc) is 2.37. The summed E-state index contributed by atoms with van der Waals surface area (Å²) in [7, 11) is 1.28. The van der Waals surface area contributed by atoms with E-state index in [1.807, 2.05) is 0 Å². The molecule has 0 saturated heterocycles. The quantitative estimate of drug-likeness (QED) is 0.600. The van der Waals surface area contributed by atoms with Gasteiger partial charge in [-0.05, 0) is 11.1 Å². The van der Waals surface area contributed by atoms with Crippen LogP contribution in [0.2, 0.25) is 0 Å². The highest BCUT2D eigenvalue weighted by Gasteiger charge is 2.23. The number of nitrogens with two attached hydrogens (primary N) is 1. The standard InChI is InChI=1S/C12H15NO5/c1-18-9(14)6-7-3-2-4-8(5-7)10(15)11(16)12(13)17/h2-5,10-11,15-16H,6H2,1H3,(H2,13,17). The lowest BCUT2D eigenvalue weighted by Gasteiger charge is -2.15. The average molecular weight is 253 g/mol. The molecular weight excluding hydrogens is 238 g/mol. The van der Waals surface area contributed by atoms with Crippen LogP contribution in [0.3, 0.4) is 0 Å². The molecule has 0 aliphatic heterocycles. The Morgan fingerprint density at radius 1 is 1.39 bits per heavy atom. The van der Waals surface area contributed by atoms with Crippen molar-refractivity contribution in [1.82, 2.24) is 0 Å². The number of rotatable bonds is 5. The third kappa shape index (κ3) is 3.54. The number of aliphatic hydroxyl groups excluding tert-OH is 2. The molecule has 0 spiro atoms. The van der Waals surface area contributed by atoms with Gasteiger partial charge in [-0.2, -0.15) is 0 Å². The topological polar surface area (TPSA) is 110 Å². The van der Waals surface area contributed by atoms with Crippen molar-refractivity contribution in [1.29, 1.82) is 0 Å². The molecule has 1 rings (SSSR count). The zero-order valence-corrected chi connectivity index (χ0v) is 9.87. The number of ether oxygens (including phenoxy) is 1. The molecule has 0 aliphatic carbocycles. The van der Waals surface area contributed by atoms with Crippen LogP contribution in [0.5, 0.6) is 0 Å². The Balaban J connectivity index is 2.87. The molecule has 1 aromatic carbocycles. The monoisotopic (exact) mass is 253 g/mol. The van der Waals surface area contributed by atoms with E-state index in [1.54, 1.807) is 12.1 Å². The SMILES string of the molecule is COC(=O)Cc1cccc(C(O)C(O)C(N)=O)c1. The van der Waals surface area contributed by atoms with E-state index >= 15 is 0 Å². The predicted molar refractivity (Wildman–Crippen MR) is 62.3 cm³/mol. The summed E-state index contributed by atoms with van der Waals surface area (Å²) in [6.07, 6.45) is -3.05. The minimum absolute atomic E-state index is 0.0454. The van der Waals surface area contributed by atoms with E-state index in [0.29, 0.717) is 11.1 Å². The van der Waals surface area contributed by atoms with Gasteiger partial charge in [0.25, 0.3) is 0 Å². The molecule has 6 heteroatoms. The van der Waals surface area contributed by atoms with Crippen LogP contribution >= 0.6 is 0 Å². The Morgan fingerprint density at radius 2 is 2.06 bits per heavy atom. The number of benzene rings is 1. The lowest BCUT2D eigenvalue weighted by Crippen LogP contribution is -2.33. The van der Waals surface area contributed by atoms with Gasteiger partial charge in [0, 0.05) is 0 Å². The maximum atomic E-state index is 11.1. The van der Waals surface area contributed by atoms with Crippen molar-refractivity contribution in [3.05, 3.63) is 35.4 Å². The van der Waals surface area contributed by atoms with Crippen LogP contribution < -0.4 is 5.73 Å². The number of esters is 1. The molecule has 0 heterocycles. The smallest absolute Gasteiger partial charge is 0.309 e. The number of hydrogen-bond donors (Lipinski definition) is 3. The molecule has 0 radical (unpaired) electrons. The van der Waals surface area contributed by atoms with Gasteiger partial charge in [0.2, 0.25) is 5.91 Å². The van der Waals surface area contributed by atoms with E-state index < -0.39 is 24.1 Å². The summed E-state index contributed by atoms with van der Waals surface area (Å²) in [5.41, 5.74) is 5.81. The first-order valence-electron chi connectivity index (χ1n) is 5.26. The zero-order chi connectivity index (χ0) is 13.7. The molecule has 1 amide bonds. The third-order valence-corrected chi connectivity index (χ3v) is 2.46. The minimum atomic E-state index is -1.68. The second-order valence-corrected chi connectivity index (χ2v) is 3.79. The van der Waals surface area contributed by atoms with E-state index in [1.165, 1.54) is 19.2 Å². The lowest BCUT2D eigenvalue weighted by atomic mass is 10.0. The Bertz CT molecular complexity index is 446. The Labute approximate surface area is 104 Å². The molecule has 4 N–H and O–H groups in total. The first kappa shape index (κ1) is 14.1. The van der Waals surface area contributed by atoms with E-state index in [9.17, 15) is 19.8 Å². The van der Waals surface area contributed by atoms with E-state index in [0.717, 1.165) is 0 Å². The van der Waals surface area contributed by atoms with Crippen molar-refractivity contribution in [2.75, 3.05) is 7.11 Å². The van der Waals surface area contributed by atoms with Gasteiger partial charge in [-0.3, -0.25) is 9.59 Å². The highest BCUT2D eigenvalue weighted by molar-refractivity contribution is 5.79. The van der Waals surface area contributed by atoms with Gasteiger partial charge in [0.05, 0.1) is 13.5 Å². The van der Waals surface area contributed by atoms with Gasteiger partial charge >= 0.3 is 5.97 Å². The van der Waals surface area contributed by atoms with Gasteiger partial charge < -0.3 is 20.7 Å². The largest absolute Gasteiger partial charge is 0.469 e. The molecule has 0 saturated carbocycles. The number of carbonyl (C=O) groups is 2. The molecular formula is C12H15NO5. The number of primary amides is 1. The molecule has 6 nitrogen and oxygen atoms in total. The van der Waals surface area contributed by atoms with Crippen molar-refractivity contribution in [3.8, 4) is 0 Å². The third-order valence-electron chi connectivity index (χ3n) is 2.46. The van der Waals surface area contributed by atoms with Gasteiger partial charge in [-0.15, -0.1) is 0 Å². The highest BCUT2D eigenvalue weighted by Crippen LogP contribution is 2.18. The van der Waals surface area contributed by atoms with Crippen LogP contribution in [-0.4, -0.2) is 35.3 Å². The van der Waals surface area contributed by atoms with Gasteiger partial charge in [-0.25, -0.2) is 0 Å². The molecule has 0 bridgehead atoms. The molecule has 2 unspecified atom stereocenters. The van der Waals surface area contributed by atoms with Crippen molar-refractivity contribution >= 4 is 11.9 Å². The number of aliphatic hydroxyl groups is 2. The fourth-order valence-corrected chi connectivity index (χ4v) is 1.46. The Morgan fingerprint density at radius 3 is 2.61 bits per heavy atom. The summed E-state index contributed by atoms with van der Waals surface area (Å²) in [5.74, 6) is -1.43. The van der Waals surface area contributed by atoms with Gasteiger partial charge in [-0.1, -0.05) is 24.3 Å². The van der Waals surface area contributed by atoms with Crippen LogP contribution in [0.1, 0.15) is 17.2 Å². The summed E-state index contributed by atoms with van der Waals surface area (Å²) < 4.78 is 4.52. The van der Waals surface area contributed by atoms with Crippen LogP contribution in [0, 0.1) is 0 Å². The fraction of sp³-hybridized carbons (Fsp3) is 0.333. The highest BCUT2D eigenvalue weighted by atomic mass is 16.5. The van der Waals surface area contributed by atoms with Crippen LogP contribution in [0.4, 0.5) is 0 Å². The van der Waals surface area contributed by atoms with Gasteiger partial charge in [0.15, 0.2) is 6.10 Å². The van der Waals surface area contributed by atoms with Crippen LogP contribution in [0.15, 0.2) is 24.3 Å². The summed E-state index contributed by atoms with van der Waals surface area (Å²) in [5, 5.41) is 19.1. The molecule has 0 aliphatic rings. The number of carbonyl (C=O) groups excluding carboxylic acids is 2. The minimum Gasteiger partial charge on any atom is -0.469 e. The normalized spacial score (nSPS) is 13.7. The first-order valence-corrected chi connectivity index (χ1v) is 5.26. The van der Waals surface area contributed by atoms with E-state index in [2.05, 4.69) is 4.74 Å². The molecule has 1 aromatic rings. The molecule has 0 fully saturated rings. The van der Waals surface area contributed by atoms with Crippen molar-refractivity contribution < 1.29 is 24.5 Å². The molecule has 98 valence electrons. The number of methoxy groups -OCH3 is 1. The maximum Gasteiger partial charge on any atom is 0.309 e. The second-order valence-electron chi connectivity index (χ2n) is 3.79. The van der Waals surface area contributed by atoms with E-state index in [4.69, 9.17) is 5.73 Å². The number of amides is 1. The molecule has 18 heavy (non-hydrogen) atoms. The van der Waals surface area contributed by atoms with Crippen LogP contribution in [0.25, 0.3) is 0 Å². The van der Waals surface area contributed by atoms with Crippen molar-refractivity contribution in [2.24, 2.45) is 5.73 Å². The van der Waals surface area contributed by atoms with Crippen molar-refractivity contribution in [3.63, 3.8) is 0 Å². The number of hydrogen-bond acceptors (Lipinski definition) is 5. The van der Waals surface area contributed by atoms with E-state index in [-0.39, 0.29) is 6.42 Å². The zero-order valence-electron chi connectivity index (χ0n) is 9.87.